The molecule has 1 amide bonds. The molecule has 0 radical (unpaired) electrons. The molecule has 0 saturated heterocycles. The van der Waals surface area contributed by atoms with Crippen molar-refractivity contribution in [1.82, 2.24) is 20.7 Å². The number of aryl methyl sites for hydroxylation is 1. The van der Waals surface area contributed by atoms with Crippen LogP contribution in [-0.2, 0) is 0 Å². The van der Waals surface area contributed by atoms with E-state index in [2.05, 4.69) is 20.7 Å². The van der Waals surface area contributed by atoms with E-state index in [0.29, 0.717) is 13.2 Å². The van der Waals surface area contributed by atoms with Crippen molar-refractivity contribution < 1.29 is 14.1 Å². The van der Waals surface area contributed by atoms with Crippen LogP contribution in [0.15, 0.2) is 47.2 Å². The second-order valence-electron chi connectivity index (χ2n) is 4.92. The molecule has 0 fully saturated rings. The van der Waals surface area contributed by atoms with Crippen LogP contribution in [0.5, 0.6) is 5.75 Å². The van der Waals surface area contributed by atoms with Gasteiger partial charge in [0.15, 0.2) is 0 Å². The van der Waals surface area contributed by atoms with Gasteiger partial charge < -0.3 is 14.6 Å². The monoisotopic (exact) mass is 312 g/mol. The fourth-order valence-corrected chi connectivity index (χ4v) is 2.15. The van der Waals surface area contributed by atoms with E-state index in [1.807, 2.05) is 31.2 Å². The van der Waals surface area contributed by atoms with Crippen molar-refractivity contribution in [1.29, 1.82) is 0 Å². The molecule has 0 unspecified atom stereocenters. The van der Waals surface area contributed by atoms with E-state index >= 15 is 0 Å². The maximum atomic E-state index is 11.7. The average Bonchev–Trinajstić information content (AvgIpc) is 3.23. The van der Waals surface area contributed by atoms with Crippen LogP contribution < -0.4 is 10.1 Å². The molecule has 0 atom stereocenters. The first-order valence-corrected chi connectivity index (χ1v) is 7.16. The smallest absolute Gasteiger partial charge is 0.290 e. The fourth-order valence-electron chi connectivity index (χ4n) is 2.15. The van der Waals surface area contributed by atoms with E-state index in [1.165, 1.54) is 12.3 Å². The number of aromatic amines is 1. The van der Waals surface area contributed by atoms with Crippen molar-refractivity contribution in [2.45, 2.75) is 6.92 Å². The van der Waals surface area contributed by atoms with Crippen molar-refractivity contribution in [3.8, 4) is 16.9 Å². The molecule has 0 saturated carbocycles. The van der Waals surface area contributed by atoms with E-state index in [9.17, 15) is 4.79 Å². The lowest BCUT2D eigenvalue weighted by atomic mass is 10.1. The zero-order valence-electron chi connectivity index (χ0n) is 12.6. The molecule has 3 aromatic rings. The maximum Gasteiger partial charge on any atom is 0.290 e. The van der Waals surface area contributed by atoms with Crippen LogP contribution in [-0.4, -0.2) is 34.4 Å². The summed E-state index contributed by atoms with van der Waals surface area (Å²) >= 11 is 0. The highest BCUT2D eigenvalue weighted by Crippen LogP contribution is 2.25. The Balaban J connectivity index is 1.53. The Labute approximate surface area is 132 Å². The fraction of sp³-hybridized carbons (Fsp3) is 0.188. The summed E-state index contributed by atoms with van der Waals surface area (Å²) in [5.74, 6) is 0.605. The molecule has 0 aliphatic rings. The summed E-state index contributed by atoms with van der Waals surface area (Å²) in [7, 11) is 0. The number of ether oxygens (including phenoxy) is 1. The molecule has 0 bridgehead atoms. The minimum absolute atomic E-state index is 0.183. The summed E-state index contributed by atoms with van der Waals surface area (Å²) in [6, 6.07) is 9.24. The van der Waals surface area contributed by atoms with Gasteiger partial charge in [-0.1, -0.05) is 17.3 Å². The Morgan fingerprint density at radius 1 is 1.39 bits per heavy atom. The number of aromatic nitrogens is 3. The van der Waals surface area contributed by atoms with Gasteiger partial charge in [-0.05, 0) is 24.6 Å². The molecule has 2 aromatic heterocycles. The Morgan fingerprint density at radius 2 is 2.30 bits per heavy atom. The number of amides is 1. The molecular formula is C16H16N4O3. The molecule has 7 nitrogen and oxygen atoms in total. The number of carbonyl (C=O) groups is 1. The standard InChI is InChI=1S/C16H16N4O3/c1-11-14(10-18-20-11)12-3-2-4-13(9-12)22-8-7-17-16(21)15-5-6-19-23-15/h2-6,9-10H,7-8H2,1H3,(H,17,21)(H,18,20). The van der Waals surface area contributed by atoms with Crippen LogP contribution in [0.25, 0.3) is 11.1 Å². The summed E-state index contributed by atoms with van der Waals surface area (Å²) in [5.41, 5.74) is 3.06. The molecule has 0 aliphatic heterocycles. The number of nitrogens with one attached hydrogen (secondary N) is 2. The Bertz CT molecular complexity index is 780. The number of hydrogen-bond acceptors (Lipinski definition) is 5. The van der Waals surface area contributed by atoms with Crippen molar-refractivity contribution in [3.63, 3.8) is 0 Å². The van der Waals surface area contributed by atoms with Crippen LogP contribution >= 0.6 is 0 Å². The molecule has 118 valence electrons. The van der Waals surface area contributed by atoms with Gasteiger partial charge in [-0.3, -0.25) is 9.89 Å². The number of hydrogen-bond donors (Lipinski definition) is 2. The van der Waals surface area contributed by atoms with E-state index in [4.69, 9.17) is 9.26 Å². The highest BCUT2D eigenvalue weighted by molar-refractivity contribution is 5.91. The second-order valence-corrected chi connectivity index (χ2v) is 4.92. The molecule has 0 spiro atoms. The van der Waals surface area contributed by atoms with Crippen molar-refractivity contribution >= 4 is 5.91 Å². The van der Waals surface area contributed by atoms with E-state index < -0.39 is 0 Å². The van der Waals surface area contributed by atoms with Crippen molar-refractivity contribution in [2.75, 3.05) is 13.2 Å². The normalized spacial score (nSPS) is 10.5. The highest BCUT2D eigenvalue weighted by Gasteiger charge is 2.08. The Morgan fingerprint density at radius 3 is 3.04 bits per heavy atom. The van der Waals surface area contributed by atoms with Gasteiger partial charge in [0.1, 0.15) is 12.4 Å². The van der Waals surface area contributed by atoms with Gasteiger partial charge in [0.2, 0.25) is 5.76 Å². The van der Waals surface area contributed by atoms with Gasteiger partial charge in [0.05, 0.1) is 18.9 Å². The largest absolute Gasteiger partial charge is 0.492 e. The summed E-state index contributed by atoms with van der Waals surface area (Å²) in [4.78, 5) is 11.7. The minimum atomic E-state index is -0.311. The molecule has 3 rings (SSSR count). The van der Waals surface area contributed by atoms with Gasteiger partial charge in [0.25, 0.3) is 5.91 Å². The van der Waals surface area contributed by atoms with Gasteiger partial charge in [-0.2, -0.15) is 5.10 Å². The highest BCUT2D eigenvalue weighted by atomic mass is 16.5. The maximum absolute atomic E-state index is 11.7. The van der Waals surface area contributed by atoms with Gasteiger partial charge in [-0.25, -0.2) is 0 Å². The van der Waals surface area contributed by atoms with E-state index in [1.54, 1.807) is 6.20 Å². The quantitative estimate of drug-likeness (QED) is 0.681. The third-order valence-electron chi connectivity index (χ3n) is 3.29. The third-order valence-corrected chi connectivity index (χ3v) is 3.29. The second kappa shape index (κ2) is 6.78. The van der Waals surface area contributed by atoms with E-state index in [0.717, 1.165) is 22.6 Å². The summed E-state index contributed by atoms with van der Waals surface area (Å²) in [5, 5.41) is 13.1. The van der Waals surface area contributed by atoms with Crippen LogP contribution in [0.2, 0.25) is 0 Å². The van der Waals surface area contributed by atoms with Crippen molar-refractivity contribution in [3.05, 3.63) is 54.2 Å². The SMILES string of the molecule is Cc1[nH]ncc1-c1cccc(OCCNC(=O)c2ccno2)c1. The van der Waals surface area contributed by atoms with Crippen LogP contribution in [0.3, 0.4) is 0 Å². The minimum Gasteiger partial charge on any atom is -0.492 e. The summed E-state index contributed by atoms with van der Waals surface area (Å²) in [6.45, 7) is 2.69. The third kappa shape index (κ3) is 3.57. The van der Waals surface area contributed by atoms with Crippen molar-refractivity contribution in [2.24, 2.45) is 0 Å². The number of nitrogens with zero attached hydrogens (tertiary/aromatic N) is 2. The zero-order valence-corrected chi connectivity index (χ0v) is 12.6. The lowest BCUT2D eigenvalue weighted by Crippen LogP contribution is -2.27. The van der Waals surface area contributed by atoms with Crippen LogP contribution in [0.1, 0.15) is 16.2 Å². The number of rotatable bonds is 6. The van der Waals surface area contributed by atoms with E-state index in [-0.39, 0.29) is 11.7 Å². The molecule has 7 heteroatoms. The summed E-state index contributed by atoms with van der Waals surface area (Å²) in [6.07, 6.45) is 3.21. The first-order chi connectivity index (χ1) is 11.2. The lowest BCUT2D eigenvalue weighted by Gasteiger charge is -2.08. The predicted molar refractivity (Wildman–Crippen MR) is 83.1 cm³/mol. The topological polar surface area (TPSA) is 93.0 Å². The lowest BCUT2D eigenvalue weighted by molar-refractivity contribution is 0.0910. The first kappa shape index (κ1) is 14.8. The van der Waals surface area contributed by atoms with Gasteiger partial charge >= 0.3 is 0 Å². The molecule has 1 aromatic carbocycles. The molecule has 2 heterocycles. The van der Waals surface area contributed by atoms with Gasteiger partial charge in [0, 0.05) is 17.3 Å². The summed E-state index contributed by atoms with van der Waals surface area (Å²) < 4.78 is 10.4. The van der Waals surface area contributed by atoms with Crippen LogP contribution in [0.4, 0.5) is 0 Å². The molecule has 2 N–H and O–H groups in total. The number of benzene rings is 1. The number of H-pyrrole nitrogens is 1. The molecule has 23 heavy (non-hydrogen) atoms. The van der Waals surface area contributed by atoms with Crippen LogP contribution in [0, 0.1) is 6.92 Å². The molecule has 0 aliphatic carbocycles. The zero-order chi connectivity index (χ0) is 16.1. The number of carbonyl (C=O) groups excluding carboxylic acids is 1. The Hall–Kier alpha value is -3.09. The first-order valence-electron chi connectivity index (χ1n) is 7.16. The van der Waals surface area contributed by atoms with Gasteiger partial charge in [-0.15, -0.1) is 0 Å². The average molecular weight is 312 g/mol. The predicted octanol–water partition coefficient (Wildman–Crippen LogP) is 2.18. The Kier molecular flexibility index (Phi) is 4.37. The molecular weight excluding hydrogens is 296 g/mol.